The molecule has 2 aromatic heterocycles. The van der Waals surface area contributed by atoms with E-state index in [-0.39, 0.29) is 10.9 Å². The maximum absolute atomic E-state index is 12.7. The lowest BCUT2D eigenvalue weighted by molar-refractivity contribution is 0.102. The van der Waals surface area contributed by atoms with Crippen molar-refractivity contribution in [3.05, 3.63) is 54.4 Å². The average Bonchev–Trinajstić information content (AvgIpc) is 3.06. The molecule has 9 heteroatoms. The predicted octanol–water partition coefficient (Wildman–Crippen LogP) is 2.67. The summed E-state index contributed by atoms with van der Waals surface area (Å²) in [5.74, 6) is 0.0301. The van der Waals surface area contributed by atoms with E-state index < -0.39 is 15.7 Å². The minimum Gasteiger partial charge on any atom is -0.493 e. The number of nitriles is 1. The third-order valence-corrected chi connectivity index (χ3v) is 4.81. The van der Waals surface area contributed by atoms with E-state index in [1.54, 1.807) is 48.7 Å². The highest BCUT2D eigenvalue weighted by molar-refractivity contribution is 7.90. The number of sulfone groups is 1. The lowest BCUT2D eigenvalue weighted by atomic mass is 10.2. The fraction of sp³-hybridized carbons (Fsp3) is 0.211. The number of hydrogen-bond donors (Lipinski definition) is 1. The number of nitrogens with one attached hydrogen (secondary N) is 1. The second-order valence-corrected chi connectivity index (χ2v) is 7.97. The van der Waals surface area contributed by atoms with Crippen LogP contribution in [0.2, 0.25) is 0 Å². The van der Waals surface area contributed by atoms with E-state index in [1.165, 1.54) is 4.40 Å². The minimum atomic E-state index is -3.61. The number of hydrogen-bond acceptors (Lipinski definition) is 6. The summed E-state index contributed by atoms with van der Waals surface area (Å²) in [7, 11) is -3.61. The van der Waals surface area contributed by atoms with E-state index in [0.29, 0.717) is 36.4 Å². The number of imidazole rings is 1. The minimum absolute atomic E-state index is 0.0152. The zero-order valence-corrected chi connectivity index (χ0v) is 15.9. The van der Waals surface area contributed by atoms with Crippen molar-refractivity contribution in [1.82, 2.24) is 9.38 Å². The molecule has 0 saturated heterocycles. The Hall–Kier alpha value is -3.38. The Morgan fingerprint density at radius 2 is 2.11 bits per heavy atom. The first-order valence-electron chi connectivity index (χ1n) is 8.48. The SMILES string of the molecule is CS(=O)(=O)c1nc(C(=O)Nc2cccc(OCCCC#N)c2)c2ccccn12. The summed E-state index contributed by atoms with van der Waals surface area (Å²) >= 11 is 0. The van der Waals surface area contributed by atoms with Gasteiger partial charge >= 0.3 is 0 Å². The van der Waals surface area contributed by atoms with Crippen molar-refractivity contribution in [3.8, 4) is 11.8 Å². The molecule has 8 nitrogen and oxygen atoms in total. The van der Waals surface area contributed by atoms with Crippen LogP contribution in [0.4, 0.5) is 5.69 Å². The molecule has 28 heavy (non-hydrogen) atoms. The van der Waals surface area contributed by atoms with Gasteiger partial charge in [-0.3, -0.25) is 9.20 Å². The van der Waals surface area contributed by atoms with Gasteiger partial charge < -0.3 is 10.1 Å². The number of rotatable bonds is 7. The number of anilines is 1. The molecule has 0 radical (unpaired) electrons. The molecule has 2 heterocycles. The molecule has 3 aromatic rings. The number of ether oxygens (including phenoxy) is 1. The zero-order chi connectivity index (χ0) is 20.1. The maximum atomic E-state index is 12.7. The number of amides is 1. The summed E-state index contributed by atoms with van der Waals surface area (Å²) in [5.41, 5.74) is 0.895. The Morgan fingerprint density at radius 1 is 1.29 bits per heavy atom. The van der Waals surface area contributed by atoms with Crippen molar-refractivity contribution in [2.24, 2.45) is 0 Å². The van der Waals surface area contributed by atoms with Crippen molar-refractivity contribution < 1.29 is 17.9 Å². The van der Waals surface area contributed by atoms with Gasteiger partial charge in [0.1, 0.15) is 5.75 Å². The summed E-state index contributed by atoms with van der Waals surface area (Å²) in [6.45, 7) is 0.397. The smallest absolute Gasteiger partial charge is 0.276 e. The quantitative estimate of drug-likeness (QED) is 0.612. The first kappa shape index (κ1) is 19.4. The number of aromatic nitrogens is 2. The maximum Gasteiger partial charge on any atom is 0.276 e. The standard InChI is InChI=1S/C19H18N4O4S/c1-28(25,26)19-22-17(16-9-2-4-11-23(16)19)18(24)21-14-7-6-8-15(13-14)27-12-5-3-10-20/h2,4,6-9,11,13H,3,5,12H2,1H3,(H,21,24). The molecule has 0 aliphatic rings. The van der Waals surface area contributed by atoms with Crippen molar-refractivity contribution in [3.63, 3.8) is 0 Å². The van der Waals surface area contributed by atoms with Gasteiger partial charge in [0, 0.05) is 30.6 Å². The van der Waals surface area contributed by atoms with Gasteiger partial charge in [-0.25, -0.2) is 13.4 Å². The summed E-state index contributed by atoms with van der Waals surface area (Å²) in [6.07, 6.45) is 3.61. The van der Waals surface area contributed by atoms with E-state index in [9.17, 15) is 13.2 Å². The molecule has 0 aliphatic carbocycles. The van der Waals surface area contributed by atoms with Crippen molar-refractivity contribution >= 4 is 26.9 Å². The second-order valence-electron chi connectivity index (χ2n) is 6.06. The number of nitrogens with zero attached hydrogens (tertiary/aromatic N) is 3. The number of carbonyl (C=O) groups excluding carboxylic acids is 1. The first-order valence-corrected chi connectivity index (χ1v) is 10.4. The molecule has 0 spiro atoms. The summed E-state index contributed by atoms with van der Waals surface area (Å²) in [5, 5.41) is 11.1. The topological polar surface area (TPSA) is 114 Å². The van der Waals surface area contributed by atoms with Crippen molar-refractivity contribution in [2.75, 3.05) is 18.2 Å². The molecule has 1 aromatic carbocycles. The van der Waals surface area contributed by atoms with Crippen LogP contribution in [0.25, 0.3) is 5.52 Å². The third kappa shape index (κ3) is 4.29. The Kier molecular flexibility index (Phi) is 5.61. The fourth-order valence-electron chi connectivity index (χ4n) is 2.63. The largest absolute Gasteiger partial charge is 0.493 e. The average molecular weight is 398 g/mol. The van der Waals surface area contributed by atoms with Crippen LogP contribution < -0.4 is 10.1 Å². The van der Waals surface area contributed by atoms with Crippen LogP contribution in [0.5, 0.6) is 5.75 Å². The Labute approximate surface area is 162 Å². The Bertz CT molecular complexity index is 1160. The highest BCUT2D eigenvalue weighted by Crippen LogP contribution is 2.21. The molecule has 0 aliphatic heterocycles. The van der Waals surface area contributed by atoms with E-state index in [4.69, 9.17) is 10.00 Å². The highest BCUT2D eigenvalue weighted by atomic mass is 32.2. The molecule has 0 bridgehead atoms. The molecular weight excluding hydrogens is 380 g/mol. The van der Waals surface area contributed by atoms with Crippen LogP contribution in [0.3, 0.4) is 0 Å². The number of unbranched alkanes of at least 4 members (excludes halogenated alkanes) is 1. The van der Waals surface area contributed by atoms with Crippen LogP contribution in [-0.2, 0) is 9.84 Å². The van der Waals surface area contributed by atoms with Gasteiger partial charge in [0.2, 0.25) is 15.0 Å². The molecule has 144 valence electrons. The van der Waals surface area contributed by atoms with Gasteiger partial charge in [-0.15, -0.1) is 0 Å². The highest BCUT2D eigenvalue weighted by Gasteiger charge is 2.22. The molecule has 0 atom stereocenters. The van der Waals surface area contributed by atoms with Gasteiger partial charge in [0.05, 0.1) is 18.2 Å². The first-order chi connectivity index (χ1) is 13.4. The second kappa shape index (κ2) is 8.10. The van der Waals surface area contributed by atoms with E-state index >= 15 is 0 Å². The normalized spacial score (nSPS) is 11.1. The summed E-state index contributed by atoms with van der Waals surface area (Å²) < 4.78 is 30.9. The van der Waals surface area contributed by atoms with Crippen LogP contribution in [0, 0.1) is 11.3 Å². The number of benzene rings is 1. The van der Waals surface area contributed by atoms with Crippen LogP contribution in [0.1, 0.15) is 23.3 Å². The molecule has 1 amide bonds. The monoisotopic (exact) mass is 398 g/mol. The van der Waals surface area contributed by atoms with Crippen molar-refractivity contribution in [1.29, 1.82) is 5.26 Å². The van der Waals surface area contributed by atoms with Gasteiger partial charge in [0.15, 0.2) is 5.69 Å². The van der Waals surface area contributed by atoms with Gasteiger partial charge in [-0.2, -0.15) is 5.26 Å². The lowest BCUT2D eigenvalue weighted by Crippen LogP contribution is -2.13. The molecule has 0 fully saturated rings. The number of fused-ring (bicyclic) bond motifs is 1. The Morgan fingerprint density at radius 3 is 2.86 bits per heavy atom. The zero-order valence-electron chi connectivity index (χ0n) is 15.1. The van der Waals surface area contributed by atoms with E-state index in [2.05, 4.69) is 10.3 Å². The van der Waals surface area contributed by atoms with Gasteiger partial charge in [0.25, 0.3) is 5.91 Å². The molecule has 3 rings (SSSR count). The lowest BCUT2D eigenvalue weighted by Gasteiger charge is -2.08. The van der Waals surface area contributed by atoms with Gasteiger partial charge in [-0.05, 0) is 30.7 Å². The van der Waals surface area contributed by atoms with Crippen LogP contribution in [0.15, 0.2) is 53.8 Å². The van der Waals surface area contributed by atoms with Crippen molar-refractivity contribution in [2.45, 2.75) is 18.0 Å². The molecule has 1 N–H and O–H groups in total. The summed E-state index contributed by atoms with van der Waals surface area (Å²) in [6, 6.07) is 13.9. The number of pyridine rings is 1. The van der Waals surface area contributed by atoms with Gasteiger partial charge in [-0.1, -0.05) is 12.1 Å². The predicted molar refractivity (Wildman–Crippen MR) is 103 cm³/mol. The molecule has 0 unspecified atom stereocenters. The molecule has 0 saturated carbocycles. The van der Waals surface area contributed by atoms with E-state index in [0.717, 1.165) is 6.26 Å². The van der Waals surface area contributed by atoms with Crippen LogP contribution in [-0.4, -0.2) is 36.6 Å². The Balaban J connectivity index is 1.84. The molecular formula is C19H18N4O4S. The number of carbonyl (C=O) groups is 1. The van der Waals surface area contributed by atoms with Crippen LogP contribution >= 0.6 is 0 Å². The third-order valence-electron chi connectivity index (χ3n) is 3.86. The van der Waals surface area contributed by atoms with E-state index in [1.807, 2.05) is 6.07 Å². The summed E-state index contributed by atoms with van der Waals surface area (Å²) in [4.78, 5) is 16.8. The fourth-order valence-corrected chi connectivity index (χ4v) is 3.41.